The van der Waals surface area contributed by atoms with Crippen LogP contribution in [0, 0.1) is 12.7 Å². The maximum Gasteiger partial charge on any atom is 0.335 e. The molecule has 1 aromatic heterocycles. The zero-order valence-electron chi connectivity index (χ0n) is 78.5. The number of benzene rings is 2. The van der Waals surface area contributed by atoms with Crippen molar-refractivity contribution >= 4 is 139 Å². The number of aliphatic hydroxyl groups is 3. The maximum absolute atomic E-state index is 13.5. The largest absolute Gasteiger partial charge is 0.464 e. The third-order valence-corrected chi connectivity index (χ3v) is 49.7. The SMILES string of the molecule is CC(=O)[O][Hg][O]C(C)=O.CC(C)(C)[Si](C)(C)Cl.CC(C)(C)[Si](C)(C)OC1CCOC1=O.CC(C)(C)[Si](C)(C)O[C@@H](CCO)C(N)=O.CC(C)(C)[Si](C)(C)O[C@@H](CCON)C(N)=O.CC(C)(C)[Si](C)(C)O[C@@H](CCON1C(=O)c2ccccc2C1=O)C(N)=O.Cc1nc(N)nc2c1C(NOCC[C@H](O)C(N)=O)=N[C@@H](c1ccc(F)cc1Br)C2.N.O=C1OCCC1O. The molecule has 2 aromatic carbocycles. The van der Waals surface area contributed by atoms with Gasteiger partial charge >= 0.3 is 78.1 Å². The molecule has 0 radical (unpaired) electrons. The second-order valence-corrected chi connectivity index (χ2v) is 67.3. The van der Waals surface area contributed by atoms with Gasteiger partial charge in [0.2, 0.25) is 29.6 Å². The van der Waals surface area contributed by atoms with Crippen molar-refractivity contribution in [2.75, 3.05) is 45.4 Å². The van der Waals surface area contributed by atoms with Gasteiger partial charge in [0.15, 0.2) is 52.6 Å². The summed E-state index contributed by atoms with van der Waals surface area (Å²) in [5, 5.41) is 28.0. The first-order valence-corrected chi connectivity index (χ1v) is 61.4. The molecule has 125 heavy (non-hydrogen) atoms. The number of nitrogens with one attached hydrogen (secondary N) is 1. The number of hydroxylamine groups is 3. The molecule has 0 spiro atoms. The number of anilines is 1. The summed E-state index contributed by atoms with van der Waals surface area (Å²) in [5.41, 5.74) is 32.9. The molecule has 0 bridgehead atoms. The van der Waals surface area contributed by atoms with E-state index in [1.165, 1.54) is 26.0 Å². The summed E-state index contributed by atoms with van der Waals surface area (Å²) in [6, 6.07) is 10.5. The number of amidine groups is 1. The van der Waals surface area contributed by atoms with Crippen molar-refractivity contribution in [3.63, 3.8) is 0 Å². The number of esters is 2. The Morgan fingerprint density at radius 1 is 0.640 bits per heavy atom. The van der Waals surface area contributed by atoms with Crippen molar-refractivity contribution < 1.29 is 140 Å². The molecule has 2 unspecified atom stereocenters. The summed E-state index contributed by atoms with van der Waals surface area (Å²) >= 11 is 7.48. The number of aromatic nitrogens is 2. The summed E-state index contributed by atoms with van der Waals surface area (Å²) in [6.07, 6.45) is -2.07. The number of rotatable bonds is 28. The van der Waals surface area contributed by atoms with Crippen LogP contribution in [0.3, 0.4) is 0 Å². The van der Waals surface area contributed by atoms with E-state index in [1.807, 2.05) is 13.1 Å². The molecule has 710 valence electrons. The Labute approximate surface area is 768 Å². The van der Waals surface area contributed by atoms with Gasteiger partial charge < -0.3 is 82.2 Å². The number of nitrogen functional groups attached to an aromatic ring is 1. The number of carbonyl (C=O) groups excluding carboxylic acids is 10. The fourth-order valence-electron chi connectivity index (χ4n) is 9.02. The van der Waals surface area contributed by atoms with Crippen molar-refractivity contribution in [2.24, 2.45) is 33.8 Å². The number of aliphatic imine (C=N–C) groups is 1. The molecule has 0 aliphatic carbocycles. The van der Waals surface area contributed by atoms with E-state index in [0.717, 1.165) is 10.6 Å². The topological polar surface area (TPSA) is 577 Å². The number of hydrogen-bond acceptors (Lipinski definition) is 31. The number of fused-ring (bicyclic) bond motifs is 2. The van der Waals surface area contributed by atoms with E-state index in [9.17, 15) is 57.4 Å². The van der Waals surface area contributed by atoms with Crippen LogP contribution < -0.4 is 46.2 Å². The number of imide groups is 1. The molecular weight excluding hydrogens is 1990 g/mol. The Balaban J connectivity index is 0. The van der Waals surface area contributed by atoms with E-state index in [-0.39, 0.29) is 114 Å². The minimum absolute atomic E-state index is 0. The van der Waals surface area contributed by atoms with Crippen LogP contribution >= 0.6 is 27.0 Å². The van der Waals surface area contributed by atoms with Crippen molar-refractivity contribution in [1.29, 1.82) is 0 Å². The first-order valence-electron chi connectivity index (χ1n) is 40.5. The van der Waals surface area contributed by atoms with Gasteiger partial charge in [-0.25, -0.2) is 35.3 Å². The molecule has 7 atom stereocenters. The summed E-state index contributed by atoms with van der Waals surface area (Å²) < 4.78 is 56.0. The molecule has 7 rings (SSSR count). The average molecular weight is 2130 g/mol. The molecule has 6 amide bonds. The molecular formula is C80H143BrClFHgN12O24Si5. The van der Waals surface area contributed by atoms with E-state index < -0.39 is 138 Å². The number of cyclic esters (lactones) is 2. The van der Waals surface area contributed by atoms with Crippen molar-refractivity contribution in [1.82, 2.24) is 26.7 Å². The average Bonchev–Trinajstić information content (AvgIpc) is 1.52. The minimum Gasteiger partial charge on any atom is -0.464 e. The fourth-order valence-corrected chi connectivity index (χ4v) is 16.3. The predicted octanol–water partition coefficient (Wildman–Crippen LogP) is 11.0. The number of nitrogens with zero attached hydrogens (tertiary/aromatic N) is 4. The number of primary amides is 4. The van der Waals surface area contributed by atoms with Gasteiger partial charge in [-0.3, -0.25) is 43.4 Å². The molecule has 0 saturated carbocycles. The standard InChI is InChI=1S/C18H20BrFN6O3.C18H26N2O5Si.C10H24N2O3Si.C10H23NO3Si.C10H20O3Si.C6H15ClSi.C4H6O3.2C2H4O2.Hg.H3N/c1-8-15-13(25-18(22)23-8)7-12(10-3-2-9(20)6-11(10)19)24-17(15)26-29-5-4-14(27)16(21)28;1-18(2,3)26(4,5)25-14(15(19)21)10-11-24-20-16(22)12-8-6-7-9-13(12)17(20)23;1-10(2,3)16(4,5)15-8(9(11)13)6-7-14-12;1-10(2,3)15(4,5)14-8(6-7-12)9(11)13;1-10(2,3)14(4,5)13-8-6-7-12-9(8)11;1-6(2,3)8(4,5)7;5-3-1-2-7-4(3)6;2*1-2(3)4;;/h2-3,6,12,14,27H,4-5,7H2,1H3,(H2,21,28)(H,24,26)(H2,22,23,25);6-9,14H,10-11H2,1-5H3,(H2,19,21);8H,6-7,12H2,1-5H3,(H2,11,13);8,12H,6-7H2,1-5H3,(H2,11,13);8H,6-7H2,1-5H3;1-5H3;3,5H,1-2H2;2*1H3,(H,3,4);;1H3/q;;;;;;;;;+2;/p-2/t12-,14+;14-;2*8-;;;;;;;/m1000......./s1. The number of ether oxygens (including phenoxy) is 2. The van der Waals surface area contributed by atoms with Gasteiger partial charge in [-0.05, 0) is 114 Å². The Hall–Kier alpha value is -6.07. The van der Waals surface area contributed by atoms with E-state index in [4.69, 9.17) is 88.0 Å². The predicted molar refractivity (Wildman–Crippen MR) is 486 cm³/mol. The monoisotopic (exact) mass is 2130 g/mol. The van der Waals surface area contributed by atoms with Gasteiger partial charge in [0, 0.05) is 56.0 Å². The van der Waals surface area contributed by atoms with Gasteiger partial charge in [-0.2, -0.15) is 11.1 Å². The Kier molecular flexibility index (Phi) is 51.6. The van der Waals surface area contributed by atoms with Gasteiger partial charge in [-0.1, -0.05) is 151 Å². The first kappa shape index (κ1) is 121. The molecule has 2 saturated heterocycles. The van der Waals surface area contributed by atoms with Crippen molar-refractivity contribution in [2.45, 2.75) is 303 Å². The molecule has 4 aliphatic rings. The Morgan fingerprint density at radius 2 is 1.06 bits per heavy atom. The van der Waals surface area contributed by atoms with E-state index in [0.29, 0.717) is 82.3 Å². The Morgan fingerprint density at radius 3 is 1.41 bits per heavy atom. The quantitative estimate of drug-likeness (QED) is 0.00803. The minimum atomic E-state index is -2.19. The number of aliphatic hydroxyl groups excluding tert-OH is 3. The number of aryl methyl sites for hydroxylation is 1. The van der Waals surface area contributed by atoms with Crippen LogP contribution in [-0.4, -0.2) is 212 Å². The van der Waals surface area contributed by atoms with Crippen LogP contribution in [0.4, 0.5) is 10.3 Å². The zero-order chi connectivity index (χ0) is 96.6. The van der Waals surface area contributed by atoms with Gasteiger partial charge in [-0.15, -0.1) is 5.06 Å². The van der Waals surface area contributed by atoms with Crippen molar-refractivity contribution in [3.05, 3.63) is 86.4 Å². The molecule has 36 nitrogen and oxygen atoms in total. The molecule has 4 aliphatic heterocycles. The maximum atomic E-state index is 13.5. The van der Waals surface area contributed by atoms with E-state index in [2.05, 4.69) is 207 Å². The van der Waals surface area contributed by atoms with Crippen molar-refractivity contribution in [3.8, 4) is 0 Å². The van der Waals surface area contributed by atoms with Crippen LogP contribution in [0.15, 0.2) is 51.9 Å². The third kappa shape index (κ3) is 42.6. The van der Waals surface area contributed by atoms with Crippen LogP contribution in [0.2, 0.25) is 90.7 Å². The first-order chi connectivity index (χ1) is 56.4. The molecule has 19 N–H and O–H groups in total. The molecule has 45 heteroatoms. The number of amides is 6. The number of hydrogen-bond donors (Lipinski definition) is 11. The molecule has 3 aromatic rings. The van der Waals surface area contributed by atoms with Crippen LogP contribution in [0.25, 0.3) is 0 Å². The second kappa shape index (κ2) is 53.3. The summed E-state index contributed by atoms with van der Waals surface area (Å²) in [7, 11) is -9.35. The van der Waals surface area contributed by atoms with Gasteiger partial charge in [0.05, 0.1) is 67.2 Å². The molecule has 5 heterocycles. The fraction of sp³-hybridized carbons (Fsp3) is 0.662. The normalized spacial score (nSPS) is 16.7. The number of halogens is 3. The molecule has 2 fully saturated rings. The summed E-state index contributed by atoms with van der Waals surface area (Å²) in [5.74, 6) is 0.316. The smallest absolute Gasteiger partial charge is 0.335 e. The van der Waals surface area contributed by atoms with E-state index in [1.54, 1.807) is 37.3 Å². The van der Waals surface area contributed by atoms with Crippen LogP contribution in [-0.2, 0) is 117 Å². The van der Waals surface area contributed by atoms with Crippen LogP contribution in [0.1, 0.15) is 206 Å². The summed E-state index contributed by atoms with van der Waals surface area (Å²) in [6.45, 7) is 58.3. The van der Waals surface area contributed by atoms with Gasteiger partial charge in [0.1, 0.15) is 36.3 Å². The zero-order valence-corrected chi connectivity index (χ0v) is 91.3. The number of carbonyl (C=O) groups is 10. The summed E-state index contributed by atoms with van der Waals surface area (Å²) in [4.78, 5) is 139. The van der Waals surface area contributed by atoms with E-state index >= 15 is 0 Å². The Bertz CT molecular complexity index is 3990. The third-order valence-electron chi connectivity index (χ3n) is 21.7. The number of nitrogens with two attached hydrogens (primary N) is 6. The van der Waals surface area contributed by atoms with Gasteiger partial charge in [0.25, 0.3) is 11.8 Å². The second-order valence-electron chi connectivity index (χ2n) is 37.0. The van der Waals surface area contributed by atoms with Crippen LogP contribution in [0.5, 0.6) is 0 Å².